The maximum Gasteiger partial charge on any atom is 0.296 e. The number of fused-ring (bicyclic) bond motifs is 1. The summed E-state index contributed by atoms with van der Waals surface area (Å²) >= 11 is 0. The van der Waals surface area contributed by atoms with Crippen LogP contribution in [0.25, 0.3) is 0 Å². The number of likely N-dealkylation sites (N-methyl/N-ethyl adjacent to an activating group) is 1. The van der Waals surface area contributed by atoms with Crippen LogP contribution in [0.4, 0.5) is 4.39 Å². The zero-order valence-electron chi connectivity index (χ0n) is 21.5. The predicted molar refractivity (Wildman–Crippen MR) is 132 cm³/mol. The molecule has 2 aromatic rings. The van der Waals surface area contributed by atoms with Gasteiger partial charge >= 0.3 is 0 Å². The van der Waals surface area contributed by atoms with E-state index in [4.69, 9.17) is 4.74 Å². The normalized spacial score (nSPS) is 22.4. The van der Waals surface area contributed by atoms with Crippen molar-refractivity contribution in [2.24, 2.45) is 0 Å². The number of halogens is 1. The van der Waals surface area contributed by atoms with Gasteiger partial charge in [-0.05, 0) is 52.4 Å². The molecule has 13 heteroatoms. The third-order valence-corrected chi connectivity index (χ3v) is 9.00. The van der Waals surface area contributed by atoms with Gasteiger partial charge in [0.25, 0.3) is 11.5 Å². The smallest absolute Gasteiger partial charge is 0.296 e. The van der Waals surface area contributed by atoms with E-state index in [2.05, 4.69) is 15.2 Å². The minimum atomic E-state index is -4.08. The molecule has 0 bridgehead atoms. The summed E-state index contributed by atoms with van der Waals surface area (Å²) in [6, 6.07) is 3.25. The van der Waals surface area contributed by atoms with E-state index in [1.165, 1.54) is 14.9 Å². The van der Waals surface area contributed by atoms with Crippen LogP contribution in [0.3, 0.4) is 0 Å². The largest absolute Gasteiger partial charge is 0.501 e. The van der Waals surface area contributed by atoms with Crippen molar-refractivity contribution < 1.29 is 27.4 Å². The lowest BCUT2D eigenvalue weighted by Gasteiger charge is -2.41. The van der Waals surface area contributed by atoms with Gasteiger partial charge in [-0.2, -0.15) is 4.31 Å². The highest BCUT2D eigenvalue weighted by atomic mass is 32.2. The van der Waals surface area contributed by atoms with E-state index in [1.807, 2.05) is 20.9 Å². The summed E-state index contributed by atoms with van der Waals surface area (Å²) in [5.41, 5.74) is -2.07. The minimum absolute atomic E-state index is 0.0410. The standard InChI is InChI=1S/C24H32FN5O6S/c1-14-12-29(13-15(2)28(14)5)37(34,35)18-10-17(25)7-6-16(18)11-26-21(32)19-20(31)22(33)30-8-9-36-24(3,4)23(30)27-19/h6-7,10,14-15,31H,8-9,11-13H2,1-5H3,(H,26,32). The average molecular weight is 538 g/mol. The summed E-state index contributed by atoms with van der Waals surface area (Å²) in [6.07, 6.45) is 0. The first-order valence-electron chi connectivity index (χ1n) is 12.0. The molecule has 2 atom stereocenters. The first-order chi connectivity index (χ1) is 17.2. The molecular formula is C24H32FN5O6S. The van der Waals surface area contributed by atoms with E-state index in [0.717, 1.165) is 12.1 Å². The minimum Gasteiger partial charge on any atom is -0.501 e. The quantitative estimate of drug-likeness (QED) is 0.577. The molecule has 0 spiro atoms. The first kappa shape index (κ1) is 27.2. The van der Waals surface area contributed by atoms with Crippen LogP contribution in [0, 0.1) is 5.82 Å². The Kier molecular flexibility index (Phi) is 7.18. The third-order valence-electron chi connectivity index (χ3n) is 7.09. The Balaban J connectivity index is 1.62. The van der Waals surface area contributed by atoms with Gasteiger partial charge in [0.1, 0.15) is 17.2 Å². The molecule has 2 N–H and O–H groups in total. The Morgan fingerprint density at radius 2 is 1.92 bits per heavy atom. The number of hydrogen-bond donors (Lipinski definition) is 2. The number of ether oxygens (including phenoxy) is 1. The lowest BCUT2D eigenvalue weighted by Crippen LogP contribution is -2.56. The molecule has 3 heterocycles. The lowest BCUT2D eigenvalue weighted by molar-refractivity contribution is -0.0566. The van der Waals surface area contributed by atoms with Crippen LogP contribution in [0.15, 0.2) is 27.9 Å². The maximum absolute atomic E-state index is 14.2. The van der Waals surface area contributed by atoms with Crippen molar-refractivity contribution in [3.63, 3.8) is 0 Å². The van der Waals surface area contributed by atoms with Gasteiger partial charge in [-0.25, -0.2) is 17.8 Å². The Morgan fingerprint density at radius 3 is 2.57 bits per heavy atom. The van der Waals surface area contributed by atoms with Gasteiger partial charge in [0.2, 0.25) is 15.8 Å². The topological polar surface area (TPSA) is 134 Å². The molecule has 0 saturated carbocycles. The van der Waals surface area contributed by atoms with E-state index >= 15 is 0 Å². The number of nitrogens with one attached hydrogen (secondary N) is 1. The second kappa shape index (κ2) is 9.78. The number of sulfonamides is 1. The molecule has 1 aromatic heterocycles. The maximum atomic E-state index is 14.2. The van der Waals surface area contributed by atoms with E-state index in [-0.39, 0.29) is 61.2 Å². The first-order valence-corrected chi connectivity index (χ1v) is 13.4. The van der Waals surface area contributed by atoms with Crippen LogP contribution >= 0.6 is 0 Å². The summed E-state index contributed by atoms with van der Waals surface area (Å²) in [6.45, 7) is 7.82. The molecule has 2 aliphatic heterocycles. The van der Waals surface area contributed by atoms with Crippen molar-refractivity contribution in [1.29, 1.82) is 0 Å². The van der Waals surface area contributed by atoms with Crippen LogP contribution in [-0.2, 0) is 33.5 Å². The number of carbonyl (C=O) groups is 1. The molecule has 2 unspecified atom stereocenters. The molecule has 4 rings (SSSR count). The molecule has 202 valence electrons. The van der Waals surface area contributed by atoms with Crippen molar-refractivity contribution in [2.45, 2.75) is 63.4 Å². The highest BCUT2D eigenvalue weighted by Gasteiger charge is 2.37. The molecule has 0 aliphatic carbocycles. The van der Waals surface area contributed by atoms with Crippen LogP contribution in [-0.4, -0.2) is 77.0 Å². The fraction of sp³-hybridized carbons (Fsp3) is 0.542. The number of carbonyl (C=O) groups excluding carboxylic acids is 1. The van der Waals surface area contributed by atoms with Gasteiger partial charge in [0.15, 0.2) is 5.69 Å². The van der Waals surface area contributed by atoms with Crippen LogP contribution < -0.4 is 10.9 Å². The van der Waals surface area contributed by atoms with Gasteiger partial charge in [-0.3, -0.25) is 19.1 Å². The number of aromatic hydroxyl groups is 1. The number of piperazine rings is 1. The SMILES string of the molecule is CC1CN(S(=O)(=O)c2cc(F)ccc2CNC(=O)c2nc3n(c(=O)c2O)CCOC3(C)C)CC(C)N1C. The number of hydrogen-bond acceptors (Lipinski definition) is 8. The second-order valence-corrected chi connectivity index (χ2v) is 12.0. The van der Waals surface area contributed by atoms with E-state index in [9.17, 15) is 27.5 Å². The molecule has 11 nitrogen and oxygen atoms in total. The highest BCUT2D eigenvalue weighted by Crippen LogP contribution is 2.28. The number of amides is 1. The fourth-order valence-corrected chi connectivity index (χ4v) is 6.53. The summed E-state index contributed by atoms with van der Waals surface area (Å²) in [7, 11) is -2.16. The van der Waals surface area contributed by atoms with Gasteiger partial charge in [-0.15, -0.1) is 0 Å². The number of nitrogens with zero attached hydrogens (tertiary/aromatic N) is 4. The summed E-state index contributed by atoms with van der Waals surface area (Å²) in [5, 5.41) is 12.9. The number of rotatable bonds is 5. The van der Waals surface area contributed by atoms with Crippen LogP contribution in [0.1, 0.15) is 49.6 Å². The Bertz CT molecular complexity index is 1380. The summed E-state index contributed by atoms with van der Waals surface area (Å²) in [5.74, 6) is -2.23. The molecule has 1 amide bonds. The fourth-order valence-electron chi connectivity index (χ4n) is 4.69. The van der Waals surface area contributed by atoms with E-state index < -0.39 is 44.4 Å². The van der Waals surface area contributed by atoms with Gasteiger partial charge in [0, 0.05) is 31.7 Å². The summed E-state index contributed by atoms with van der Waals surface area (Å²) < 4.78 is 49.5. The zero-order chi connectivity index (χ0) is 27.3. The van der Waals surface area contributed by atoms with Crippen molar-refractivity contribution in [3.8, 4) is 5.75 Å². The van der Waals surface area contributed by atoms with Gasteiger partial charge < -0.3 is 15.2 Å². The number of benzene rings is 1. The van der Waals surface area contributed by atoms with Crippen molar-refractivity contribution in [1.82, 2.24) is 24.1 Å². The Labute approximate surface area is 214 Å². The molecular weight excluding hydrogens is 505 g/mol. The van der Waals surface area contributed by atoms with Crippen molar-refractivity contribution in [3.05, 3.63) is 51.5 Å². The Hall–Kier alpha value is -2.87. The molecule has 1 aromatic carbocycles. The summed E-state index contributed by atoms with van der Waals surface area (Å²) in [4.78, 5) is 31.7. The molecule has 2 aliphatic rings. The lowest BCUT2D eigenvalue weighted by atomic mass is 10.1. The van der Waals surface area contributed by atoms with E-state index in [0.29, 0.717) is 0 Å². The van der Waals surface area contributed by atoms with Crippen molar-refractivity contribution in [2.75, 3.05) is 26.7 Å². The van der Waals surface area contributed by atoms with Crippen LogP contribution in [0.2, 0.25) is 0 Å². The second-order valence-electron chi connectivity index (χ2n) is 10.1. The number of aromatic nitrogens is 2. The molecule has 37 heavy (non-hydrogen) atoms. The third kappa shape index (κ3) is 5.00. The molecule has 1 saturated heterocycles. The van der Waals surface area contributed by atoms with Gasteiger partial charge in [0.05, 0.1) is 18.0 Å². The van der Waals surface area contributed by atoms with Crippen LogP contribution in [0.5, 0.6) is 5.75 Å². The Morgan fingerprint density at radius 1 is 1.27 bits per heavy atom. The monoisotopic (exact) mass is 537 g/mol. The zero-order valence-corrected chi connectivity index (χ0v) is 22.3. The average Bonchev–Trinajstić information content (AvgIpc) is 2.83. The van der Waals surface area contributed by atoms with E-state index in [1.54, 1.807) is 13.8 Å². The van der Waals surface area contributed by atoms with Crippen molar-refractivity contribution >= 4 is 15.9 Å². The molecule has 0 radical (unpaired) electrons. The molecule has 1 fully saturated rings. The van der Waals surface area contributed by atoms with Gasteiger partial charge in [-0.1, -0.05) is 6.07 Å². The highest BCUT2D eigenvalue weighted by molar-refractivity contribution is 7.89. The predicted octanol–water partition coefficient (Wildman–Crippen LogP) is 0.996.